The second-order valence-corrected chi connectivity index (χ2v) is 8.06. The Hall–Kier alpha value is -3.60. The van der Waals surface area contributed by atoms with Crippen molar-refractivity contribution in [2.45, 2.75) is 31.8 Å². The Labute approximate surface area is 188 Å². The Bertz CT molecular complexity index is 1030. The van der Waals surface area contributed by atoms with Gasteiger partial charge < -0.3 is 14.4 Å². The molecule has 32 heavy (non-hydrogen) atoms. The van der Waals surface area contributed by atoms with E-state index in [1.807, 2.05) is 77.7 Å². The minimum atomic E-state index is -0.331. The fourth-order valence-electron chi connectivity index (χ4n) is 4.31. The van der Waals surface area contributed by atoms with Crippen molar-refractivity contribution in [2.75, 3.05) is 13.1 Å². The molecule has 1 amide bonds. The van der Waals surface area contributed by atoms with E-state index in [0.717, 1.165) is 12.0 Å². The number of likely N-dealkylation sites (tertiary alicyclic amines) is 1. The molecule has 1 fully saturated rings. The topological polar surface area (TPSA) is 55.8 Å². The van der Waals surface area contributed by atoms with Crippen molar-refractivity contribution in [1.29, 1.82) is 0 Å². The Kier molecular flexibility index (Phi) is 6.85. The van der Waals surface area contributed by atoms with Gasteiger partial charge in [-0.05, 0) is 41.2 Å². The molecule has 5 nitrogen and oxygen atoms in total. The monoisotopic (exact) mass is 429 g/mol. The summed E-state index contributed by atoms with van der Waals surface area (Å²) in [5.74, 6) is 0.609. The van der Waals surface area contributed by atoms with E-state index in [9.17, 15) is 9.59 Å². The number of rotatable bonds is 5. The zero-order valence-electron chi connectivity index (χ0n) is 18.1. The molecule has 1 heterocycles. The standard InChI is InChI=1S/C27H27NO4/c1-20(29)32-24-14-12-23(13-15-24)25-16-17-28(18-26(25)22-10-6-3-7-11-22)27(30)31-19-21-8-4-2-5-9-21/h2-15,25-26H,16-19H2,1H3. The minimum Gasteiger partial charge on any atom is -0.445 e. The number of ether oxygens (including phenoxy) is 2. The molecule has 2 unspecified atom stereocenters. The van der Waals surface area contributed by atoms with Crippen LogP contribution in [0, 0.1) is 0 Å². The van der Waals surface area contributed by atoms with Crippen LogP contribution in [0.4, 0.5) is 4.79 Å². The van der Waals surface area contributed by atoms with Gasteiger partial charge in [0.1, 0.15) is 12.4 Å². The van der Waals surface area contributed by atoms with Crippen LogP contribution < -0.4 is 4.74 Å². The second kappa shape index (κ2) is 10.1. The van der Waals surface area contributed by atoms with Crippen LogP contribution in [-0.4, -0.2) is 30.1 Å². The van der Waals surface area contributed by atoms with Crippen LogP contribution in [0.1, 0.15) is 41.9 Å². The molecule has 3 aromatic carbocycles. The van der Waals surface area contributed by atoms with E-state index in [-0.39, 0.29) is 30.5 Å². The molecule has 1 aliphatic heterocycles. The van der Waals surface area contributed by atoms with Crippen LogP contribution in [0.2, 0.25) is 0 Å². The van der Waals surface area contributed by atoms with Gasteiger partial charge in [0.2, 0.25) is 0 Å². The molecule has 1 saturated heterocycles. The van der Waals surface area contributed by atoms with E-state index >= 15 is 0 Å². The maximum Gasteiger partial charge on any atom is 0.410 e. The largest absolute Gasteiger partial charge is 0.445 e. The first kappa shape index (κ1) is 21.6. The highest BCUT2D eigenvalue weighted by Gasteiger charge is 2.34. The molecule has 0 aromatic heterocycles. The highest BCUT2D eigenvalue weighted by Crippen LogP contribution is 2.40. The molecule has 3 aromatic rings. The normalized spacial score (nSPS) is 18.1. The Balaban J connectivity index is 1.49. The van der Waals surface area contributed by atoms with Crippen LogP contribution >= 0.6 is 0 Å². The number of piperidine rings is 1. The summed E-state index contributed by atoms with van der Waals surface area (Å²) in [5.41, 5.74) is 3.34. The maximum absolute atomic E-state index is 12.8. The van der Waals surface area contributed by atoms with Crippen LogP contribution in [-0.2, 0) is 16.1 Å². The molecule has 4 rings (SSSR count). The van der Waals surface area contributed by atoms with Gasteiger partial charge in [0, 0.05) is 25.9 Å². The van der Waals surface area contributed by atoms with Crippen molar-refractivity contribution < 1.29 is 19.1 Å². The Morgan fingerprint density at radius 1 is 0.844 bits per heavy atom. The van der Waals surface area contributed by atoms with Crippen molar-refractivity contribution >= 4 is 12.1 Å². The van der Waals surface area contributed by atoms with E-state index in [2.05, 4.69) is 12.1 Å². The second-order valence-electron chi connectivity index (χ2n) is 8.06. The number of hydrogen-bond donors (Lipinski definition) is 0. The van der Waals surface area contributed by atoms with Gasteiger partial charge in [-0.15, -0.1) is 0 Å². The van der Waals surface area contributed by atoms with Gasteiger partial charge >= 0.3 is 12.1 Å². The quantitative estimate of drug-likeness (QED) is 0.396. The average molecular weight is 430 g/mol. The third-order valence-electron chi connectivity index (χ3n) is 5.87. The van der Waals surface area contributed by atoms with Crippen molar-refractivity contribution in [2.24, 2.45) is 0 Å². The highest BCUT2D eigenvalue weighted by molar-refractivity contribution is 5.69. The van der Waals surface area contributed by atoms with Crippen LogP contribution in [0.3, 0.4) is 0 Å². The third-order valence-corrected chi connectivity index (χ3v) is 5.87. The van der Waals surface area contributed by atoms with Crippen LogP contribution in [0.25, 0.3) is 0 Å². The molecule has 5 heteroatoms. The lowest BCUT2D eigenvalue weighted by molar-refractivity contribution is -0.131. The SMILES string of the molecule is CC(=O)Oc1ccc(C2CCN(C(=O)OCc3ccccc3)CC2c2ccccc2)cc1. The molecule has 0 spiro atoms. The van der Waals surface area contributed by atoms with E-state index in [1.54, 1.807) is 0 Å². The van der Waals surface area contributed by atoms with E-state index in [4.69, 9.17) is 9.47 Å². The van der Waals surface area contributed by atoms with Gasteiger partial charge in [-0.1, -0.05) is 72.8 Å². The summed E-state index contributed by atoms with van der Waals surface area (Å²) in [5, 5.41) is 0. The smallest absolute Gasteiger partial charge is 0.410 e. The fourth-order valence-corrected chi connectivity index (χ4v) is 4.31. The molecule has 2 atom stereocenters. The minimum absolute atomic E-state index is 0.147. The van der Waals surface area contributed by atoms with Crippen molar-refractivity contribution in [1.82, 2.24) is 4.90 Å². The zero-order chi connectivity index (χ0) is 22.3. The summed E-state index contributed by atoms with van der Waals surface area (Å²) in [6.45, 7) is 2.89. The van der Waals surface area contributed by atoms with Gasteiger partial charge in [-0.3, -0.25) is 4.79 Å². The fraction of sp³-hybridized carbons (Fsp3) is 0.259. The first-order valence-corrected chi connectivity index (χ1v) is 10.9. The van der Waals surface area contributed by atoms with Gasteiger partial charge in [0.25, 0.3) is 0 Å². The van der Waals surface area contributed by atoms with Crippen LogP contribution in [0.5, 0.6) is 5.75 Å². The summed E-state index contributed by atoms with van der Waals surface area (Å²) in [6, 6.07) is 27.7. The molecule has 1 aliphatic rings. The van der Waals surface area contributed by atoms with Crippen molar-refractivity contribution in [3.8, 4) is 5.75 Å². The number of nitrogens with zero attached hydrogens (tertiary/aromatic N) is 1. The molecule has 0 N–H and O–H groups in total. The predicted molar refractivity (Wildman–Crippen MR) is 122 cm³/mol. The van der Waals surface area contributed by atoms with Gasteiger partial charge in [-0.25, -0.2) is 4.79 Å². The summed E-state index contributed by atoms with van der Waals surface area (Å²) in [6.07, 6.45) is 0.547. The van der Waals surface area contributed by atoms with Crippen molar-refractivity contribution in [3.63, 3.8) is 0 Å². The Morgan fingerprint density at radius 2 is 1.47 bits per heavy atom. The number of carbonyl (C=O) groups is 2. The Morgan fingerprint density at radius 3 is 2.12 bits per heavy atom. The zero-order valence-corrected chi connectivity index (χ0v) is 18.1. The molecular formula is C27H27NO4. The molecule has 164 valence electrons. The lowest BCUT2D eigenvalue weighted by atomic mass is 9.77. The van der Waals surface area contributed by atoms with Gasteiger partial charge in [0.15, 0.2) is 0 Å². The van der Waals surface area contributed by atoms with Crippen LogP contribution in [0.15, 0.2) is 84.9 Å². The van der Waals surface area contributed by atoms with E-state index in [0.29, 0.717) is 18.8 Å². The number of amides is 1. The number of carbonyl (C=O) groups excluding carboxylic acids is 2. The number of esters is 1. The molecule has 0 aliphatic carbocycles. The molecule has 0 saturated carbocycles. The van der Waals surface area contributed by atoms with Crippen molar-refractivity contribution in [3.05, 3.63) is 102 Å². The summed E-state index contributed by atoms with van der Waals surface area (Å²) < 4.78 is 10.8. The lowest BCUT2D eigenvalue weighted by Gasteiger charge is -2.38. The number of benzene rings is 3. The average Bonchev–Trinajstić information content (AvgIpc) is 2.83. The third kappa shape index (κ3) is 5.35. The molecular weight excluding hydrogens is 402 g/mol. The predicted octanol–water partition coefficient (Wildman–Crippen LogP) is 5.52. The molecule has 0 bridgehead atoms. The summed E-state index contributed by atoms with van der Waals surface area (Å²) in [4.78, 5) is 25.8. The van der Waals surface area contributed by atoms with E-state index < -0.39 is 0 Å². The maximum atomic E-state index is 12.8. The van der Waals surface area contributed by atoms with Gasteiger partial charge in [-0.2, -0.15) is 0 Å². The molecule has 0 radical (unpaired) electrons. The summed E-state index contributed by atoms with van der Waals surface area (Å²) in [7, 11) is 0. The van der Waals surface area contributed by atoms with E-state index in [1.165, 1.54) is 18.1 Å². The van der Waals surface area contributed by atoms with Gasteiger partial charge in [0.05, 0.1) is 0 Å². The first-order chi connectivity index (χ1) is 15.6. The lowest BCUT2D eigenvalue weighted by Crippen LogP contribution is -2.42. The summed E-state index contributed by atoms with van der Waals surface area (Å²) >= 11 is 0. The first-order valence-electron chi connectivity index (χ1n) is 10.9. The number of hydrogen-bond acceptors (Lipinski definition) is 4. The highest BCUT2D eigenvalue weighted by atomic mass is 16.6.